The van der Waals surface area contributed by atoms with Crippen LogP contribution in [0, 0.1) is 3.95 Å². The van der Waals surface area contributed by atoms with Crippen molar-refractivity contribution >= 4 is 33.8 Å². The minimum absolute atomic E-state index is 0. The summed E-state index contributed by atoms with van der Waals surface area (Å²) >= 11 is 6.52. The van der Waals surface area contributed by atoms with Gasteiger partial charge < -0.3 is 4.98 Å². The zero-order valence-electron chi connectivity index (χ0n) is 5.00. The molecule has 0 radical (unpaired) electrons. The summed E-state index contributed by atoms with van der Waals surface area (Å²) in [5, 5.41) is 0. The van der Waals surface area contributed by atoms with Gasteiger partial charge >= 0.3 is 0 Å². The maximum atomic E-state index is 4.95. The SMILES string of the molecule is S=c1[nH]c2cnccc2s1.[HH]. The van der Waals surface area contributed by atoms with E-state index >= 15 is 0 Å². The molecule has 0 spiro atoms. The second-order valence-electron chi connectivity index (χ2n) is 1.89. The lowest BCUT2D eigenvalue weighted by Crippen LogP contribution is -1.68. The molecular weight excluding hydrogens is 164 g/mol. The van der Waals surface area contributed by atoms with Gasteiger partial charge in [0.05, 0.1) is 16.4 Å². The molecule has 0 saturated heterocycles. The lowest BCUT2D eigenvalue weighted by Gasteiger charge is -1.81. The smallest absolute Gasteiger partial charge is 0.159 e. The van der Waals surface area contributed by atoms with Crippen LogP contribution in [0.1, 0.15) is 1.43 Å². The molecule has 2 nitrogen and oxygen atoms in total. The molecule has 0 saturated carbocycles. The number of fused-ring (bicyclic) bond motifs is 1. The highest BCUT2D eigenvalue weighted by molar-refractivity contribution is 7.73. The highest BCUT2D eigenvalue weighted by Gasteiger charge is 1.92. The van der Waals surface area contributed by atoms with Crippen molar-refractivity contribution in [3.63, 3.8) is 0 Å². The van der Waals surface area contributed by atoms with Crippen LogP contribution >= 0.6 is 23.6 Å². The molecule has 0 fully saturated rings. The summed E-state index contributed by atoms with van der Waals surface area (Å²) in [6.07, 6.45) is 3.54. The number of pyridine rings is 1. The van der Waals surface area contributed by atoms with Crippen LogP contribution in [0.3, 0.4) is 0 Å². The third-order valence-electron chi connectivity index (χ3n) is 1.22. The fourth-order valence-corrected chi connectivity index (χ4v) is 1.88. The maximum Gasteiger partial charge on any atom is 0.159 e. The monoisotopic (exact) mass is 170 g/mol. The van der Waals surface area contributed by atoms with Gasteiger partial charge in [-0.2, -0.15) is 0 Å². The molecular formula is C6H6N2S2. The summed E-state index contributed by atoms with van der Waals surface area (Å²) in [6, 6.07) is 1.95. The van der Waals surface area contributed by atoms with Gasteiger partial charge in [-0.05, 0) is 18.3 Å². The van der Waals surface area contributed by atoms with E-state index in [-0.39, 0.29) is 1.43 Å². The number of rotatable bonds is 0. The van der Waals surface area contributed by atoms with Gasteiger partial charge in [0.1, 0.15) is 0 Å². The Balaban J connectivity index is 0.000000605. The first-order valence-corrected chi connectivity index (χ1v) is 4.01. The van der Waals surface area contributed by atoms with Crippen molar-refractivity contribution in [2.75, 3.05) is 0 Å². The van der Waals surface area contributed by atoms with Crippen molar-refractivity contribution in [1.29, 1.82) is 0 Å². The van der Waals surface area contributed by atoms with E-state index in [9.17, 15) is 0 Å². The van der Waals surface area contributed by atoms with Gasteiger partial charge in [-0.3, -0.25) is 4.98 Å². The predicted octanol–water partition coefficient (Wildman–Crippen LogP) is 2.60. The third-order valence-corrected chi connectivity index (χ3v) is 2.44. The number of hydrogen-bond acceptors (Lipinski definition) is 3. The van der Waals surface area contributed by atoms with Gasteiger partial charge in [0.15, 0.2) is 3.95 Å². The second-order valence-corrected chi connectivity index (χ2v) is 3.61. The quantitative estimate of drug-likeness (QED) is 0.616. The van der Waals surface area contributed by atoms with E-state index in [4.69, 9.17) is 12.2 Å². The van der Waals surface area contributed by atoms with E-state index in [2.05, 4.69) is 9.97 Å². The van der Waals surface area contributed by atoms with Crippen LogP contribution in [0.4, 0.5) is 0 Å². The first-order valence-electron chi connectivity index (χ1n) is 2.79. The number of hydrogen-bond donors (Lipinski definition) is 1. The van der Waals surface area contributed by atoms with Gasteiger partial charge in [0.25, 0.3) is 0 Å². The lowest BCUT2D eigenvalue weighted by atomic mass is 10.5. The van der Waals surface area contributed by atoms with E-state index < -0.39 is 0 Å². The zero-order valence-corrected chi connectivity index (χ0v) is 6.63. The molecule has 0 bridgehead atoms. The van der Waals surface area contributed by atoms with Gasteiger partial charge in [0.2, 0.25) is 0 Å². The Morgan fingerprint density at radius 1 is 1.70 bits per heavy atom. The van der Waals surface area contributed by atoms with E-state index in [1.54, 1.807) is 23.7 Å². The van der Waals surface area contributed by atoms with Crippen LogP contribution in [-0.2, 0) is 0 Å². The molecule has 2 aromatic heterocycles. The average Bonchev–Trinajstić information content (AvgIpc) is 2.27. The number of nitrogens with one attached hydrogen (secondary N) is 1. The molecule has 0 atom stereocenters. The Hall–Kier alpha value is -0.740. The largest absolute Gasteiger partial charge is 0.336 e. The zero-order chi connectivity index (χ0) is 6.97. The summed E-state index contributed by atoms with van der Waals surface area (Å²) in [5.74, 6) is 0. The number of H-pyrrole nitrogens is 1. The van der Waals surface area contributed by atoms with Crippen LogP contribution < -0.4 is 0 Å². The molecule has 0 aliphatic heterocycles. The van der Waals surface area contributed by atoms with Crippen molar-refractivity contribution < 1.29 is 1.43 Å². The maximum absolute atomic E-state index is 4.95. The predicted molar refractivity (Wildman–Crippen MR) is 46.9 cm³/mol. The Labute approximate surface area is 68.0 Å². The molecule has 1 N–H and O–H groups in total. The number of nitrogens with zero attached hydrogens (tertiary/aromatic N) is 1. The van der Waals surface area contributed by atoms with E-state index in [1.165, 1.54) is 4.70 Å². The fourth-order valence-electron chi connectivity index (χ4n) is 0.800. The Bertz CT molecular complexity index is 370. The van der Waals surface area contributed by atoms with Crippen molar-refractivity contribution in [2.45, 2.75) is 0 Å². The normalized spacial score (nSPS) is 10.4. The fraction of sp³-hybridized carbons (Fsp3) is 0. The molecule has 10 heavy (non-hydrogen) atoms. The standard InChI is InChI=1S/C6H4N2S2.H2/c9-6-8-4-3-7-2-1-5(4)10-6;/h1-3H,(H,8,9);1H. The van der Waals surface area contributed by atoms with Crippen LogP contribution in [0.15, 0.2) is 18.5 Å². The Morgan fingerprint density at radius 3 is 3.40 bits per heavy atom. The van der Waals surface area contributed by atoms with Crippen molar-refractivity contribution in [1.82, 2.24) is 9.97 Å². The molecule has 0 amide bonds. The molecule has 0 aromatic carbocycles. The number of aromatic amines is 1. The van der Waals surface area contributed by atoms with E-state index in [0.717, 1.165) is 9.47 Å². The minimum Gasteiger partial charge on any atom is -0.336 e. The highest BCUT2D eigenvalue weighted by Crippen LogP contribution is 2.16. The first-order chi connectivity index (χ1) is 4.86. The molecule has 52 valence electrons. The molecule has 4 heteroatoms. The summed E-state index contributed by atoms with van der Waals surface area (Å²) in [7, 11) is 0. The van der Waals surface area contributed by atoms with Gasteiger partial charge in [-0.15, -0.1) is 11.3 Å². The number of aromatic nitrogens is 2. The Morgan fingerprint density at radius 2 is 2.60 bits per heavy atom. The van der Waals surface area contributed by atoms with Crippen molar-refractivity contribution in [2.24, 2.45) is 0 Å². The Kier molecular flexibility index (Phi) is 1.28. The molecule has 0 unspecified atom stereocenters. The highest BCUT2D eigenvalue weighted by atomic mass is 32.1. The molecule has 0 aliphatic carbocycles. The van der Waals surface area contributed by atoms with Crippen molar-refractivity contribution in [3.8, 4) is 0 Å². The average molecular weight is 170 g/mol. The minimum atomic E-state index is 0. The van der Waals surface area contributed by atoms with Gasteiger partial charge in [0, 0.05) is 7.62 Å². The summed E-state index contributed by atoms with van der Waals surface area (Å²) < 4.78 is 1.98. The second kappa shape index (κ2) is 2.14. The first kappa shape index (κ1) is 6.00. The van der Waals surface area contributed by atoms with Crippen molar-refractivity contribution in [3.05, 3.63) is 22.4 Å². The van der Waals surface area contributed by atoms with Crippen LogP contribution in [0.25, 0.3) is 10.2 Å². The molecule has 2 heterocycles. The molecule has 2 rings (SSSR count). The van der Waals surface area contributed by atoms with Crippen LogP contribution in [-0.4, -0.2) is 9.97 Å². The topological polar surface area (TPSA) is 28.7 Å². The summed E-state index contributed by atoms with van der Waals surface area (Å²) in [6.45, 7) is 0. The van der Waals surface area contributed by atoms with Gasteiger partial charge in [-0.25, -0.2) is 0 Å². The summed E-state index contributed by atoms with van der Waals surface area (Å²) in [5.41, 5.74) is 1.03. The van der Waals surface area contributed by atoms with E-state index in [0.29, 0.717) is 0 Å². The molecule has 0 aliphatic rings. The van der Waals surface area contributed by atoms with E-state index in [1.807, 2.05) is 6.07 Å². The van der Waals surface area contributed by atoms with Crippen LogP contribution in [0.2, 0.25) is 0 Å². The molecule has 2 aromatic rings. The van der Waals surface area contributed by atoms with Gasteiger partial charge in [-0.1, -0.05) is 0 Å². The third kappa shape index (κ3) is 0.853. The van der Waals surface area contributed by atoms with Crippen LogP contribution in [0.5, 0.6) is 0 Å². The number of thiazole rings is 1. The lowest BCUT2D eigenvalue weighted by molar-refractivity contribution is 1.33. The summed E-state index contributed by atoms with van der Waals surface area (Å²) in [4.78, 5) is 6.98.